The monoisotopic (exact) mass is 410 g/mol. The third kappa shape index (κ3) is 4.97. The molecule has 2 aromatic rings. The molecular formula is C18H24Cl2N6O. The van der Waals surface area contributed by atoms with E-state index in [-0.39, 0.29) is 18.3 Å². The maximum atomic E-state index is 12.3. The van der Waals surface area contributed by atoms with Gasteiger partial charge in [-0.2, -0.15) is 4.68 Å². The molecule has 146 valence electrons. The molecule has 1 amide bonds. The second-order valence-corrected chi connectivity index (χ2v) is 7.58. The Morgan fingerprint density at radius 1 is 1.26 bits per heavy atom. The van der Waals surface area contributed by atoms with Crippen molar-refractivity contribution in [1.29, 1.82) is 0 Å². The molecule has 2 N–H and O–H groups in total. The van der Waals surface area contributed by atoms with E-state index in [0.717, 1.165) is 56.7 Å². The second-order valence-electron chi connectivity index (χ2n) is 7.17. The van der Waals surface area contributed by atoms with Gasteiger partial charge in [0.25, 0.3) is 0 Å². The lowest BCUT2D eigenvalue weighted by molar-refractivity contribution is -0.116. The van der Waals surface area contributed by atoms with Crippen LogP contribution in [0.2, 0.25) is 5.02 Å². The number of hydrogen-bond donors (Lipinski definition) is 2. The van der Waals surface area contributed by atoms with Crippen LogP contribution in [-0.4, -0.2) is 39.2 Å². The first kappa shape index (κ1) is 20.0. The van der Waals surface area contributed by atoms with Crippen LogP contribution in [-0.2, 0) is 4.79 Å². The van der Waals surface area contributed by atoms with Gasteiger partial charge in [-0.15, -0.1) is 17.5 Å². The van der Waals surface area contributed by atoms with Crippen molar-refractivity contribution in [2.75, 3.05) is 18.4 Å². The van der Waals surface area contributed by atoms with E-state index < -0.39 is 0 Å². The number of tetrazole rings is 1. The molecule has 1 aromatic carbocycles. The van der Waals surface area contributed by atoms with Crippen molar-refractivity contribution in [3.63, 3.8) is 0 Å². The smallest absolute Gasteiger partial charge is 0.224 e. The lowest BCUT2D eigenvalue weighted by atomic mass is 9.93. The fourth-order valence-corrected chi connectivity index (χ4v) is 3.64. The number of benzene rings is 1. The Morgan fingerprint density at radius 3 is 2.78 bits per heavy atom. The minimum Gasteiger partial charge on any atom is -0.326 e. The minimum absolute atomic E-state index is 0. The minimum atomic E-state index is 0. The summed E-state index contributed by atoms with van der Waals surface area (Å²) in [5.74, 6) is 1.92. The predicted molar refractivity (Wildman–Crippen MR) is 107 cm³/mol. The second kappa shape index (κ2) is 8.99. The third-order valence-electron chi connectivity index (χ3n) is 5.13. The van der Waals surface area contributed by atoms with Gasteiger partial charge in [-0.05, 0) is 79.7 Å². The molecule has 1 aliphatic carbocycles. The van der Waals surface area contributed by atoms with Crippen molar-refractivity contribution < 1.29 is 4.79 Å². The molecule has 1 aliphatic heterocycles. The molecule has 7 nitrogen and oxygen atoms in total. The maximum absolute atomic E-state index is 12.3. The third-order valence-corrected chi connectivity index (χ3v) is 5.45. The molecule has 1 saturated carbocycles. The Morgan fingerprint density at radius 2 is 2.04 bits per heavy atom. The van der Waals surface area contributed by atoms with Crippen LogP contribution in [0.1, 0.15) is 50.3 Å². The largest absolute Gasteiger partial charge is 0.326 e. The molecule has 2 heterocycles. The van der Waals surface area contributed by atoms with Crippen LogP contribution in [0.4, 0.5) is 5.69 Å². The molecule has 0 spiro atoms. The van der Waals surface area contributed by atoms with Crippen molar-refractivity contribution in [2.24, 2.45) is 5.92 Å². The van der Waals surface area contributed by atoms with Crippen LogP contribution < -0.4 is 10.6 Å². The highest BCUT2D eigenvalue weighted by Crippen LogP contribution is 2.40. The Bertz CT molecular complexity index is 786. The van der Waals surface area contributed by atoms with Crippen LogP contribution in [0, 0.1) is 5.92 Å². The highest BCUT2D eigenvalue weighted by atomic mass is 35.5. The van der Waals surface area contributed by atoms with Crippen LogP contribution >= 0.6 is 24.0 Å². The van der Waals surface area contributed by atoms with E-state index in [4.69, 9.17) is 11.6 Å². The van der Waals surface area contributed by atoms with Crippen molar-refractivity contribution in [2.45, 2.75) is 44.4 Å². The fourth-order valence-electron chi connectivity index (χ4n) is 3.44. The van der Waals surface area contributed by atoms with Gasteiger partial charge in [0.2, 0.25) is 5.91 Å². The zero-order chi connectivity index (χ0) is 17.9. The van der Waals surface area contributed by atoms with E-state index in [9.17, 15) is 4.79 Å². The summed E-state index contributed by atoms with van der Waals surface area (Å²) in [6.07, 6.45) is 5.99. The molecule has 9 heteroatoms. The van der Waals surface area contributed by atoms with E-state index in [1.54, 1.807) is 10.7 Å². The summed E-state index contributed by atoms with van der Waals surface area (Å²) >= 11 is 6.35. The quantitative estimate of drug-likeness (QED) is 0.762. The summed E-state index contributed by atoms with van der Waals surface area (Å²) < 4.78 is 1.69. The fraction of sp³-hybridized carbons (Fsp3) is 0.556. The average molecular weight is 411 g/mol. The van der Waals surface area contributed by atoms with E-state index in [1.807, 2.05) is 12.1 Å². The number of carbonyl (C=O) groups excluding carboxylic acids is 1. The first-order valence-corrected chi connectivity index (χ1v) is 9.67. The molecule has 4 rings (SSSR count). The van der Waals surface area contributed by atoms with Crippen molar-refractivity contribution in [3.8, 4) is 5.69 Å². The summed E-state index contributed by atoms with van der Waals surface area (Å²) in [7, 11) is 0. The SMILES string of the molecule is Cl.O=C(CCC1CCNCC1)Nc1ccc(Cl)c(-n2nnnc2C2CC2)c1. The van der Waals surface area contributed by atoms with Gasteiger partial charge in [-0.25, -0.2) is 0 Å². The number of piperidine rings is 1. The van der Waals surface area contributed by atoms with Gasteiger partial charge in [0.1, 0.15) is 0 Å². The van der Waals surface area contributed by atoms with E-state index in [2.05, 4.69) is 26.2 Å². The number of amides is 1. The van der Waals surface area contributed by atoms with Gasteiger partial charge < -0.3 is 10.6 Å². The van der Waals surface area contributed by atoms with E-state index in [1.165, 1.54) is 0 Å². The molecule has 0 unspecified atom stereocenters. The van der Waals surface area contributed by atoms with E-state index >= 15 is 0 Å². The van der Waals surface area contributed by atoms with Gasteiger partial charge >= 0.3 is 0 Å². The number of rotatable bonds is 6. The Labute approximate surface area is 169 Å². The molecule has 27 heavy (non-hydrogen) atoms. The summed E-state index contributed by atoms with van der Waals surface area (Å²) in [5, 5.41) is 18.9. The highest BCUT2D eigenvalue weighted by Gasteiger charge is 2.30. The normalized spacial score (nSPS) is 17.4. The number of anilines is 1. The summed E-state index contributed by atoms with van der Waals surface area (Å²) in [6.45, 7) is 2.12. The number of halogens is 2. The van der Waals surface area contributed by atoms with Crippen molar-refractivity contribution in [3.05, 3.63) is 29.0 Å². The van der Waals surface area contributed by atoms with Gasteiger partial charge in [0.15, 0.2) is 5.82 Å². The molecule has 2 aliphatic rings. The number of carbonyl (C=O) groups is 1. The van der Waals surface area contributed by atoms with Gasteiger partial charge in [0, 0.05) is 18.0 Å². The molecule has 1 aromatic heterocycles. The van der Waals surface area contributed by atoms with Crippen molar-refractivity contribution in [1.82, 2.24) is 25.5 Å². The number of aromatic nitrogens is 4. The summed E-state index contributed by atoms with van der Waals surface area (Å²) in [4.78, 5) is 12.3. The lowest BCUT2D eigenvalue weighted by Crippen LogP contribution is -2.28. The topological polar surface area (TPSA) is 84.7 Å². The summed E-state index contributed by atoms with van der Waals surface area (Å²) in [5.41, 5.74) is 1.42. The molecule has 0 radical (unpaired) electrons. The Kier molecular flexibility index (Phi) is 6.68. The van der Waals surface area contributed by atoms with Gasteiger partial charge in [-0.1, -0.05) is 11.6 Å². The number of nitrogens with one attached hydrogen (secondary N) is 2. The van der Waals surface area contributed by atoms with E-state index in [0.29, 0.717) is 29.0 Å². The summed E-state index contributed by atoms with van der Waals surface area (Å²) in [6, 6.07) is 5.43. The average Bonchev–Trinajstić information content (AvgIpc) is 3.39. The predicted octanol–water partition coefficient (Wildman–Crippen LogP) is 3.33. The molecular weight excluding hydrogens is 387 g/mol. The number of nitrogens with zero attached hydrogens (tertiary/aromatic N) is 4. The van der Waals surface area contributed by atoms with Crippen LogP contribution in [0.3, 0.4) is 0 Å². The van der Waals surface area contributed by atoms with Crippen LogP contribution in [0.5, 0.6) is 0 Å². The van der Waals surface area contributed by atoms with Gasteiger partial charge in [-0.3, -0.25) is 4.79 Å². The molecule has 1 saturated heterocycles. The molecule has 0 bridgehead atoms. The van der Waals surface area contributed by atoms with Gasteiger partial charge in [0.05, 0.1) is 10.7 Å². The Hall–Kier alpha value is -1.70. The first-order valence-electron chi connectivity index (χ1n) is 9.29. The molecule has 0 atom stereocenters. The first-order chi connectivity index (χ1) is 12.7. The standard InChI is InChI=1S/C18H23ClN6O.ClH/c19-15-5-4-14(21-17(26)6-1-12-7-9-20-10-8-12)11-16(15)25-18(13-2-3-13)22-23-24-25;/h4-5,11-13,20H,1-3,6-10H2,(H,21,26);1H. The zero-order valence-corrected chi connectivity index (χ0v) is 16.6. The zero-order valence-electron chi connectivity index (χ0n) is 15.0. The lowest BCUT2D eigenvalue weighted by Gasteiger charge is -2.22. The highest BCUT2D eigenvalue weighted by molar-refractivity contribution is 6.32. The Balaban J connectivity index is 0.00000210. The van der Waals surface area contributed by atoms with Crippen molar-refractivity contribution >= 4 is 35.6 Å². The maximum Gasteiger partial charge on any atom is 0.224 e. The van der Waals surface area contributed by atoms with Crippen LogP contribution in [0.25, 0.3) is 5.69 Å². The van der Waals surface area contributed by atoms with Crippen LogP contribution in [0.15, 0.2) is 18.2 Å². The number of hydrogen-bond acceptors (Lipinski definition) is 5. The molecule has 2 fully saturated rings.